The standard InChI is InChI=1S/C16H24N2O5/c1-12(19)7-8-15(21)23-11-14(20)18-16(22)17-10-9-13-5-3-2-4-6-13/h5H,2-4,6-11H2,1H3,(H2,17,18,20,22). The van der Waals surface area contributed by atoms with Gasteiger partial charge in [-0.3, -0.25) is 14.9 Å². The molecule has 0 radical (unpaired) electrons. The second-order valence-corrected chi connectivity index (χ2v) is 5.52. The van der Waals surface area contributed by atoms with Gasteiger partial charge in [-0.1, -0.05) is 11.6 Å². The molecule has 0 atom stereocenters. The van der Waals surface area contributed by atoms with E-state index >= 15 is 0 Å². The van der Waals surface area contributed by atoms with Crippen LogP contribution in [0, 0.1) is 0 Å². The molecular formula is C16H24N2O5. The lowest BCUT2D eigenvalue weighted by Crippen LogP contribution is -2.41. The van der Waals surface area contributed by atoms with Gasteiger partial charge in [0.25, 0.3) is 5.91 Å². The third-order valence-corrected chi connectivity index (χ3v) is 3.42. The first kappa shape index (κ1) is 18.9. The van der Waals surface area contributed by atoms with Crippen molar-refractivity contribution in [2.24, 2.45) is 0 Å². The highest BCUT2D eigenvalue weighted by Gasteiger charge is 2.11. The Labute approximate surface area is 135 Å². The van der Waals surface area contributed by atoms with Crippen LogP contribution in [0.1, 0.15) is 51.9 Å². The first-order valence-corrected chi connectivity index (χ1v) is 7.88. The Morgan fingerprint density at radius 1 is 1.17 bits per heavy atom. The Kier molecular flexibility index (Phi) is 8.64. The molecule has 0 spiro atoms. The van der Waals surface area contributed by atoms with E-state index in [0.29, 0.717) is 6.54 Å². The number of nitrogens with one attached hydrogen (secondary N) is 2. The quantitative estimate of drug-likeness (QED) is 0.522. The van der Waals surface area contributed by atoms with Gasteiger partial charge in [0, 0.05) is 13.0 Å². The Bertz CT molecular complexity index is 485. The van der Waals surface area contributed by atoms with Crippen LogP contribution in [0.25, 0.3) is 0 Å². The number of carbonyl (C=O) groups is 4. The maximum atomic E-state index is 11.5. The number of imide groups is 1. The Morgan fingerprint density at radius 3 is 2.61 bits per heavy atom. The molecule has 0 fully saturated rings. The normalized spacial score (nSPS) is 13.7. The van der Waals surface area contributed by atoms with E-state index in [0.717, 1.165) is 19.3 Å². The van der Waals surface area contributed by atoms with Crippen LogP contribution in [0.15, 0.2) is 11.6 Å². The van der Waals surface area contributed by atoms with Crippen LogP contribution >= 0.6 is 0 Å². The number of allylic oxidation sites excluding steroid dienone is 1. The summed E-state index contributed by atoms with van der Waals surface area (Å²) in [6.07, 6.45) is 7.56. The predicted octanol–water partition coefficient (Wildman–Crippen LogP) is 1.62. The first-order valence-electron chi connectivity index (χ1n) is 7.88. The summed E-state index contributed by atoms with van der Waals surface area (Å²) < 4.78 is 4.66. The molecule has 7 heteroatoms. The van der Waals surface area contributed by atoms with E-state index in [-0.39, 0.29) is 18.6 Å². The maximum absolute atomic E-state index is 11.5. The highest BCUT2D eigenvalue weighted by Crippen LogP contribution is 2.19. The number of carbonyl (C=O) groups excluding carboxylic acids is 4. The Morgan fingerprint density at radius 2 is 1.96 bits per heavy atom. The highest BCUT2D eigenvalue weighted by atomic mass is 16.5. The van der Waals surface area contributed by atoms with E-state index in [4.69, 9.17) is 0 Å². The van der Waals surface area contributed by atoms with Crippen molar-refractivity contribution in [3.05, 3.63) is 11.6 Å². The second kappa shape index (κ2) is 10.5. The number of ketones is 1. The highest BCUT2D eigenvalue weighted by molar-refractivity contribution is 5.95. The first-order chi connectivity index (χ1) is 11.0. The van der Waals surface area contributed by atoms with Crippen LogP contribution in [-0.4, -0.2) is 36.8 Å². The lowest BCUT2D eigenvalue weighted by Gasteiger charge is -2.13. The summed E-state index contributed by atoms with van der Waals surface area (Å²) in [5.41, 5.74) is 1.34. The minimum atomic E-state index is -0.699. The summed E-state index contributed by atoms with van der Waals surface area (Å²) in [7, 11) is 0. The van der Waals surface area contributed by atoms with Crippen molar-refractivity contribution in [1.82, 2.24) is 10.6 Å². The molecule has 128 valence electrons. The van der Waals surface area contributed by atoms with E-state index in [9.17, 15) is 19.2 Å². The molecule has 0 aromatic rings. The van der Waals surface area contributed by atoms with Crippen LogP contribution in [0.5, 0.6) is 0 Å². The molecule has 3 amide bonds. The minimum Gasteiger partial charge on any atom is -0.456 e. The van der Waals surface area contributed by atoms with Gasteiger partial charge in [-0.15, -0.1) is 0 Å². The molecule has 0 aromatic heterocycles. The molecule has 1 aliphatic rings. The molecule has 0 saturated heterocycles. The van der Waals surface area contributed by atoms with Crippen molar-refractivity contribution in [3.8, 4) is 0 Å². The van der Waals surface area contributed by atoms with E-state index in [1.807, 2.05) is 0 Å². The second-order valence-electron chi connectivity index (χ2n) is 5.52. The number of hydrogen-bond donors (Lipinski definition) is 2. The molecule has 7 nitrogen and oxygen atoms in total. The largest absolute Gasteiger partial charge is 0.456 e. The van der Waals surface area contributed by atoms with Crippen molar-refractivity contribution < 1.29 is 23.9 Å². The van der Waals surface area contributed by atoms with Gasteiger partial charge in [-0.05, 0) is 39.0 Å². The average molecular weight is 324 g/mol. The number of amides is 3. The van der Waals surface area contributed by atoms with Crippen molar-refractivity contribution in [2.75, 3.05) is 13.2 Å². The van der Waals surface area contributed by atoms with Crippen molar-refractivity contribution >= 4 is 23.7 Å². The number of hydrogen-bond acceptors (Lipinski definition) is 5. The fourth-order valence-corrected chi connectivity index (χ4v) is 2.17. The number of Topliss-reactive ketones (excluding diaryl/α,β-unsaturated/α-hetero) is 1. The maximum Gasteiger partial charge on any atom is 0.321 e. The van der Waals surface area contributed by atoms with Crippen LogP contribution < -0.4 is 10.6 Å². The number of ether oxygens (including phenoxy) is 1. The zero-order valence-electron chi connectivity index (χ0n) is 13.5. The molecule has 1 rings (SSSR count). The summed E-state index contributed by atoms with van der Waals surface area (Å²) >= 11 is 0. The van der Waals surface area contributed by atoms with Gasteiger partial charge in [0.05, 0.1) is 6.42 Å². The number of esters is 1. The molecule has 0 aliphatic heterocycles. The van der Waals surface area contributed by atoms with Gasteiger partial charge < -0.3 is 14.8 Å². The van der Waals surface area contributed by atoms with Gasteiger partial charge in [0.2, 0.25) is 0 Å². The third-order valence-electron chi connectivity index (χ3n) is 3.42. The summed E-state index contributed by atoms with van der Waals surface area (Å²) in [6, 6.07) is -0.605. The summed E-state index contributed by atoms with van der Waals surface area (Å²) in [6.45, 7) is 1.30. The van der Waals surface area contributed by atoms with E-state index in [1.165, 1.54) is 25.3 Å². The minimum absolute atomic E-state index is 0.0656. The van der Waals surface area contributed by atoms with Gasteiger partial charge in [0.1, 0.15) is 5.78 Å². The van der Waals surface area contributed by atoms with Crippen molar-refractivity contribution in [2.45, 2.75) is 51.9 Å². The van der Waals surface area contributed by atoms with Crippen molar-refractivity contribution in [3.63, 3.8) is 0 Å². The monoisotopic (exact) mass is 324 g/mol. The smallest absolute Gasteiger partial charge is 0.321 e. The summed E-state index contributed by atoms with van der Waals surface area (Å²) in [5.74, 6) is -1.46. The van der Waals surface area contributed by atoms with E-state index in [2.05, 4.69) is 21.4 Å². The van der Waals surface area contributed by atoms with Crippen LogP contribution in [0.4, 0.5) is 4.79 Å². The van der Waals surface area contributed by atoms with Gasteiger partial charge in [0.15, 0.2) is 6.61 Å². The van der Waals surface area contributed by atoms with E-state index in [1.54, 1.807) is 0 Å². The van der Waals surface area contributed by atoms with Gasteiger partial charge in [-0.2, -0.15) is 0 Å². The van der Waals surface area contributed by atoms with Crippen LogP contribution in [0.3, 0.4) is 0 Å². The Balaban J connectivity index is 2.10. The SMILES string of the molecule is CC(=O)CCC(=O)OCC(=O)NC(=O)NCCC1=CCCCC1. The fourth-order valence-electron chi connectivity index (χ4n) is 2.17. The lowest BCUT2D eigenvalue weighted by atomic mass is 9.97. The topological polar surface area (TPSA) is 102 Å². The zero-order chi connectivity index (χ0) is 17.1. The molecule has 0 bridgehead atoms. The predicted molar refractivity (Wildman–Crippen MR) is 83.6 cm³/mol. The van der Waals surface area contributed by atoms with Gasteiger partial charge >= 0.3 is 12.0 Å². The average Bonchev–Trinajstić information content (AvgIpc) is 2.52. The molecule has 0 saturated carbocycles. The molecule has 1 aliphatic carbocycles. The third kappa shape index (κ3) is 9.44. The summed E-state index contributed by atoms with van der Waals surface area (Å²) in [4.78, 5) is 44.9. The molecule has 2 N–H and O–H groups in total. The molecular weight excluding hydrogens is 300 g/mol. The molecule has 0 heterocycles. The Hall–Kier alpha value is -2.18. The van der Waals surface area contributed by atoms with E-state index < -0.39 is 24.5 Å². The van der Waals surface area contributed by atoms with Crippen molar-refractivity contribution in [1.29, 1.82) is 0 Å². The van der Waals surface area contributed by atoms with Gasteiger partial charge in [-0.25, -0.2) is 4.79 Å². The fraction of sp³-hybridized carbons (Fsp3) is 0.625. The molecule has 23 heavy (non-hydrogen) atoms. The number of rotatable bonds is 8. The van der Waals surface area contributed by atoms with Crippen LogP contribution in [0.2, 0.25) is 0 Å². The van der Waals surface area contributed by atoms with Crippen LogP contribution in [-0.2, 0) is 19.1 Å². The molecule has 0 aromatic carbocycles. The zero-order valence-corrected chi connectivity index (χ0v) is 13.5. The summed E-state index contributed by atoms with van der Waals surface area (Å²) in [5, 5.41) is 4.68. The molecule has 0 unspecified atom stereocenters. The lowest BCUT2D eigenvalue weighted by molar-refractivity contribution is -0.148. The number of urea groups is 1.